The molecule has 1 amide bonds. The van der Waals surface area contributed by atoms with E-state index in [-0.39, 0.29) is 12.5 Å². The van der Waals surface area contributed by atoms with Crippen LogP contribution in [0.3, 0.4) is 0 Å². The van der Waals surface area contributed by atoms with Gasteiger partial charge in [0.05, 0.1) is 0 Å². The number of carbonyl (C=O) groups is 1. The molecule has 20 heavy (non-hydrogen) atoms. The summed E-state index contributed by atoms with van der Waals surface area (Å²) in [6, 6.07) is 9.93. The Morgan fingerprint density at radius 2 is 2.00 bits per heavy atom. The average Bonchev–Trinajstić information content (AvgIpc) is 2.49. The first-order valence-electron chi connectivity index (χ1n) is 7.02. The van der Waals surface area contributed by atoms with Crippen molar-refractivity contribution in [2.45, 2.75) is 26.8 Å². The van der Waals surface area contributed by atoms with Crippen LogP contribution in [0.4, 0.5) is 0 Å². The van der Waals surface area contributed by atoms with Crippen molar-refractivity contribution in [1.29, 1.82) is 0 Å². The lowest BCUT2D eigenvalue weighted by atomic mass is 10.2. The van der Waals surface area contributed by atoms with Crippen molar-refractivity contribution < 1.29 is 4.79 Å². The Balaban J connectivity index is 2.51. The highest BCUT2D eigenvalue weighted by Crippen LogP contribution is 2.04. The largest absolute Gasteiger partial charge is 0.370 e. The number of hydrogen-bond acceptors (Lipinski definition) is 2. The van der Waals surface area contributed by atoms with Gasteiger partial charge in [-0.1, -0.05) is 37.3 Å². The fourth-order valence-electron chi connectivity index (χ4n) is 1.74. The monoisotopic (exact) mass is 276 g/mol. The van der Waals surface area contributed by atoms with E-state index in [1.807, 2.05) is 44.2 Å². The van der Waals surface area contributed by atoms with Gasteiger partial charge in [0.1, 0.15) is 6.54 Å². The molecule has 1 aromatic carbocycles. The number of guanidine groups is 1. The van der Waals surface area contributed by atoms with Crippen LogP contribution in [-0.2, 0) is 11.3 Å². The summed E-state index contributed by atoms with van der Waals surface area (Å²) >= 11 is 0. The van der Waals surface area contributed by atoms with E-state index in [2.05, 4.69) is 10.3 Å². The SMILES string of the molecule is CCCNC(N)=NCC(=O)N(CC)Cc1ccccc1. The normalized spacial score (nSPS) is 11.2. The summed E-state index contributed by atoms with van der Waals surface area (Å²) in [7, 11) is 0. The van der Waals surface area contributed by atoms with Crippen molar-refractivity contribution >= 4 is 11.9 Å². The highest BCUT2D eigenvalue weighted by atomic mass is 16.2. The predicted octanol–water partition coefficient (Wildman–Crippen LogP) is 1.35. The zero-order valence-corrected chi connectivity index (χ0v) is 12.3. The van der Waals surface area contributed by atoms with Crippen LogP contribution in [0.5, 0.6) is 0 Å². The van der Waals surface area contributed by atoms with Gasteiger partial charge in [-0.3, -0.25) is 4.79 Å². The van der Waals surface area contributed by atoms with Gasteiger partial charge in [0, 0.05) is 19.6 Å². The Kier molecular flexibility index (Phi) is 7.17. The third-order valence-electron chi connectivity index (χ3n) is 2.89. The van der Waals surface area contributed by atoms with Crippen molar-refractivity contribution in [2.75, 3.05) is 19.6 Å². The first kappa shape index (κ1) is 16.0. The zero-order valence-electron chi connectivity index (χ0n) is 12.3. The number of nitrogens with one attached hydrogen (secondary N) is 1. The number of likely N-dealkylation sites (N-methyl/N-ethyl adjacent to an activating group) is 1. The van der Waals surface area contributed by atoms with Crippen LogP contribution in [0, 0.1) is 0 Å². The number of aliphatic imine (C=N–C) groups is 1. The lowest BCUT2D eigenvalue weighted by molar-refractivity contribution is -0.130. The van der Waals surface area contributed by atoms with Crippen molar-refractivity contribution in [3.05, 3.63) is 35.9 Å². The summed E-state index contributed by atoms with van der Waals surface area (Å²) < 4.78 is 0. The fraction of sp³-hybridized carbons (Fsp3) is 0.467. The summed E-state index contributed by atoms with van der Waals surface area (Å²) in [6.45, 7) is 6.13. The smallest absolute Gasteiger partial charge is 0.244 e. The molecule has 0 aromatic heterocycles. The number of carbonyl (C=O) groups excluding carboxylic acids is 1. The summed E-state index contributed by atoms with van der Waals surface area (Å²) in [6.07, 6.45) is 0.971. The van der Waals surface area contributed by atoms with E-state index < -0.39 is 0 Å². The summed E-state index contributed by atoms with van der Waals surface area (Å²) in [5, 5.41) is 2.95. The molecule has 0 radical (unpaired) electrons. The highest BCUT2D eigenvalue weighted by molar-refractivity contribution is 5.84. The van der Waals surface area contributed by atoms with Crippen molar-refractivity contribution in [1.82, 2.24) is 10.2 Å². The van der Waals surface area contributed by atoms with Crippen molar-refractivity contribution in [3.8, 4) is 0 Å². The standard InChI is InChI=1S/C15H24N4O/c1-3-10-17-15(16)18-11-14(20)19(4-2)12-13-8-6-5-7-9-13/h5-9H,3-4,10-12H2,1-2H3,(H3,16,17,18). The van der Waals surface area contributed by atoms with Crippen LogP contribution < -0.4 is 11.1 Å². The van der Waals surface area contributed by atoms with E-state index in [0.717, 1.165) is 18.5 Å². The maximum Gasteiger partial charge on any atom is 0.244 e. The van der Waals surface area contributed by atoms with Crippen molar-refractivity contribution in [3.63, 3.8) is 0 Å². The number of amides is 1. The van der Waals surface area contributed by atoms with Gasteiger partial charge in [0.25, 0.3) is 0 Å². The molecule has 0 aliphatic heterocycles. The minimum atomic E-state index is -0.0161. The van der Waals surface area contributed by atoms with Gasteiger partial charge in [-0.25, -0.2) is 4.99 Å². The molecule has 0 heterocycles. The fourth-order valence-corrected chi connectivity index (χ4v) is 1.74. The Morgan fingerprint density at radius 3 is 2.60 bits per heavy atom. The number of rotatable bonds is 7. The van der Waals surface area contributed by atoms with E-state index in [0.29, 0.717) is 19.0 Å². The van der Waals surface area contributed by atoms with Crippen molar-refractivity contribution in [2.24, 2.45) is 10.7 Å². The van der Waals surface area contributed by atoms with Crippen LogP contribution in [0.2, 0.25) is 0 Å². The van der Waals surface area contributed by atoms with Crippen LogP contribution in [0.25, 0.3) is 0 Å². The number of benzene rings is 1. The Hall–Kier alpha value is -2.04. The molecule has 0 bridgehead atoms. The first-order chi connectivity index (χ1) is 9.67. The second-order valence-electron chi connectivity index (χ2n) is 4.52. The maximum atomic E-state index is 12.1. The molecular formula is C15H24N4O. The first-order valence-corrected chi connectivity index (χ1v) is 7.02. The molecule has 5 heteroatoms. The summed E-state index contributed by atoms with van der Waals surface area (Å²) in [5.74, 6) is 0.313. The molecule has 0 spiro atoms. The molecule has 0 unspecified atom stereocenters. The van der Waals surface area contributed by atoms with Crippen LogP contribution >= 0.6 is 0 Å². The van der Waals surface area contributed by atoms with Gasteiger partial charge in [0.2, 0.25) is 5.91 Å². The molecule has 5 nitrogen and oxygen atoms in total. The molecule has 1 aromatic rings. The van der Waals surface area contributed by atoms with E-state index in [4.69, 9.17) is 5.73 Å². The lowest BCUT2D eigenvalue weighted by Gasteiger charge is -2.20. The van der Waals surface area contributed by atoms with E-state index in [1.54, 1.807) is 4.90 Å². The van der Waals surface area contributed by atoms with Gasteiger partial charge >= 0.3 is 0 Å². The van der Waals surface area contributed by atoms with Gasteiger partial charge in [-0.15, -0.1) is 0 Å². The van der Waals surface area contributed by atoms with E-state index >= 15 is 0 Å². The Labute approximate surface area is 120 Å². The second-order valence-corrected chi connectivity index (χ2v) is 4.52. The molecule has 3 N–H and O–H groups in total. The van der Waals surface area contributed by atoms with E-state index in [1.165, 1.54) is 0 Å². The quantitative estimate of drug-likeness (QED) is 0.583. The van der Waals surface area contributed by atoms with Crippen LogP contribution in [0.15, 0.2) is 35.3 Å². The minimum absolute atomic E-state index is 0.0161. The summed E-state index contributed by atoms with van der Waals surface area (Å²) in [4.78, 5) is 17.9. The Bertz CT molecular complexity index is 431. The lowest BCUT2D eigenvalue weighted by Crippen LogP contribution is -2.36. The molecule has 0 aliphatic rings. The molecule has 0 atom stereocenters. The van der Waals surface area contributed by atoms with Gasteiger partial charge in [-0.05, 0) is 18.9 Å². The van der Waals surface area contributed by atoms with Gasteiger partial charge in [-0.2, -0.15) is 0 Å². The molecule has 0 saturated carbocycles. The second kappa shape index (κ2) is 8.96. The zero-order chi connectivity index (χ0) is 14.8. The topological polar surface area (TPSA) is 70.7 Å². The Morgan fingerprint density at radius 1 is 1.30 bits per heavy atom. The van der Waals surface area contributed by atoms with Gasteiger partial charge in [0.15, 0.2) is 5.96 Å². The third kappa shape index (κ3) is 5.73. The molecule has 1 rings (SSSR count). The molecule has 0 saturated heterocycles. The van der Waals surface area contributed by atoms with Crippen LogP contribution in [0.1, 0.15) is 25.8 Å². The average molecular weight is 276 g/mol. The molecule has 110 valence electrons. The number of nitrogens with two attached hydrogens (primary N) is 1. The van der Waals surface area contributed by atoms with Crippen LogP contribution in [-0.4, -0.2) is 36.4 Å². The summed E-state index contributed by atoms with van der Waals surface area (Å²) in [5.41, 5.74) is 6.78. The molecule has 0 aliphatic carbocycles. The maximum absolute atomic E-state index is 12.1. The highest BCUT2D eigenvalue weighted by Gasteiger charge is 2.11. The van der Waals surface area contributed by atoms with E-state index in [9.17, 15) is 4.79 Å². The molecule has 0 fully saturated rings. The number of hydrogen-bond donors (Lipinski definition) is 2. The number of nitrogens with zero attached hydrogens (tertiary/aromatic N) is 2. The molecular weight excluding hydrogens is 252 g/mol. The third-order valence-corrected chi connectivity index (χ3v) is 2.89. The minimum Gasteiger partial charge on any atom is -0.370 e. The predicted molar refractivity (Wildman–Crippen MR) is 82.3 cm³/mol. The van der Waals surface area contributed by atoms with Gasteiger partial charge < -0.3 is 16.0 Å².